The van der Waals surface area contributed by atoms with Gasteiger partial charge in [0.2, 0.25) is 0 Å². The smallest absolute Gasteiger partial charge is 0.274 e. The SMILES string of the molecule is CCN(CC)C(=O)c1ccc(NCc2ccco2)nn1. The van der Waals surface area contributed by atoms with Gasteiger partial charge in [-0.3, -0.25) is 4.79 Å². The molecule has 2 aromatic rings. The Morgan fingerprint density at radius 1 is 1.25 bits per heavy atom. The fraction of sp³-hybridized carbons (Fsp3) is 0.357. The summed E-state index contributed by atoms with van der Waals surface area (Å²) in [7, 11) is 0. The van der Waals surface area contributed by atoms with E-state index in [0.717, 1.165) is 5.76 Å². The first kappa shape index (κ1) is 14.0. The van der Waals surface area contributed by atoms with Crippen LogP contribution in [0.1, 0.15) is 30.1 Å². The zero-order chi connectivity index (χ0) is 14.4. The number of carbonyl (C=O) groups excluding carboxylic acids is 1. The molecule has 0 aliphatic carbocycles. The van der Waals surface area contributed by atoms with Crippen LogP contribution in [-0.4, -0.2) is 34.1 Å². The molecule has 0 bridgehead atoms. The fourth-order valence-electron chi connectivity index (χ4n) is 1.80. The van der Waals surface area contributed by atoms with Crippen LogP contribution in [0.25, 0.3) is 0 Å². The van der Waals surface area contributed by atoms with Gasteiger partial charge in [0.05, 0.1) is 12.8 Å². The number of nitrogens with one attached hydrogen (secondary N) is 1. The predicted octanol–water partition coefficient (Wildman–Crippen LogP) is 2.16. The van der Waals surface area contributed by atoms with Crippen molar-refractivity contribution in [2.24, 2.45) is 0 Å². The maximum atomic E-state index is 12.1. The van der Waals surface area contributed by atoms with Crippen molar-refractivity contribution in [3.8, 4) is 0 Å². The molecule has 0 fully saturated rings. The van der Waals surface area contributed by atoms with E-state index in [9.17, 15) is 4.79 Å². The Balaban J connectivity index is 1.97. The quantitative estimate of drug-likeness (QED) is 0.874. The minimum atomic E-state index is -0.0971. The van der Waals surface area contributed by atoms with Gasteiger partial charge in [-0.25, -0.2) is 0 Å². The van der Waals surface area contributed by atoms with Gasteiger partial charge in [-0.1, -0.05) is 0 Å². The molecule has 2 rings (SSSR count). The molecule has 2 aromatic heterocycles. The first-order valence-corrected chi connectivity index (χ1v) is 6.63. The van der Waals surface area contributed by atoms with E-state index in [-0.39, 0.29) is 5.91 Å². The lowest BCUT2D eigenvalue weighted by Gasteiger charge is -2.17. The second kappa shape index (κ2) is 6.70. The predicted molar refractivity (Wildman–Crippen MR) is 75.3 cm³/mol. The Kier molecular flexibility index (Phi) is 4.70. The molecule has 0 aromatic carbocycles. The Labute approximate surface area is 117 Å². The minimum absolute atomic E-state index is 0.0971. The molecule has 0 unspecified atom stereocenters. The number of rotatable bonds is 6. The zero-order valence-electron chi connectivity index (χ0n) is 11.7. The second-order valence-electron chi connectivity index (χ2n) is 4.21. The van der Waals surface area contributed by atoms with Crippen molar-refractivity contribution in [2.75, 3.05) is 18.4 Å². The van der Waals surface area contributed by atoms with Crippen LogP contribution in [0.4, 0.5) is 5.82 Å². The Morgan fingerprint density at radius 3 is 2.60 bits per heavy atom. The lowest BCUT2D eigenvalue weighted by atomic mass is 10.3. The van der Waals surface area contributed by atoms with Gasteiger partial charge >= 0.3 is 0 Å². The van der Waals surface area contributed by atoms with Gasteiger partial charge in [0, 0.05) is 13.1 Å². The fourth-order valence-corrected chi connectivity index (χ4v) is 1.80. The molecular formula is C14H18N4O2. The van der Waals surface area contributed by atoms with Gasteiger partial charge < -0.3 is 14.6 Å². The van der Waals surface area contributed by atoms with Gasteiger partial charge in [0.15, 0.2) is 5.69 Å². The molecule has 0 aliphatic rings. The number of amides is 1. The lowest BCUT2D eigenvalue weighted by molar-refractivity contribution is 0.0766. The van der Waals surface area contributed by atoms with Crippen molar-refractivity contribution in [2.45, 2.75) is 20.4 Å². The minimum Gasteiger partial charge on any atom is -0.467 e. The molecule has 0 saturated heterocycles. The maximum Gasteiger partial charge on any atom is 0.274 e. The van der Waals surface area contributed by atoms with Crippen LogP contribution in [0.15, 0.2) is 34.9 Å². The monoisotopic (exact) mass is 274 g/mol. The van der Waals surface area contributed by atoms with Crippen LogP contribution >= 0.6 is 0 Å². The Hall–Kier alpha value is -2.37. The van der Waals surface area contributed by atoms with E-state index in [1.165, 1.54) is 0 Å². The molecule has 0 spiro atoms. The molecule has 0 aliphatic heterocycles. The van der Waals surface area contributed by atoms with Crippen LogP contribution in [0.3, 0.4) is 0 Å². The average Bonchev–Trinajstić information content (AvgIpc) is 3.00. The number of hydrogen-bond acceptors (Lipinski definition) is 5. The first-order valence-electron chi connectivity index (χ1n) is 6.63. The molecule has 20 heavy (non-hydrogen) atoms. The molecule has 6 nitrogen and oxygen atoms in total. The van der Waals surface area contributed by atoms with E-state index in [4.69, 9.17) is 4.42 Å². The standard InChI is InChI=1S/C14H18N4O2/c1-3-18(4-2)14(19)12-7-8-13(17-16-12)15-10-11-6-5-9-20-11/h5-9H,3-4,10H2,1-2H3,(H,15,17). The number of hydrogen-bond donors (Lipinski definition) is 1. The summed E-state index contributed by atoms with van der Waals surface area (Å²) in [6.07, 6.45) is 1.62. The summed E-state index contributed by atoms with van der Waals surface area (Å²) in [5.41, 5.74) is 0.359. The maximum absolute atomic E-state index is 12.1. The normalized spacial score (nSPS) is 10.3. The van der Waals surface area contributed by atoms with Gasteiger partial charge in [-0.15, -0.1) is 10.2 Å². The highest BCUT2D eigenvalue weighted by molar-refractivity contribution is 5.92. The van der Waals surface area contributed by atoms with E-state index in [1.54, 1.807) is 23.3 Å². The number of nitrogens with zero attached hydrogens (tertiary/aromatic N) is 3. The van der Waals surface area contributed by atoms with E-state index in [1.807, 2.05) is 26.0 Å². The largest absolute Gasteiger partial charge is 0.467 e. The van der Waals surface area contributed by atoms with Crippen molar-refractivity contribution >= 4 is 11.7 Å². The summed E-state index contributed by atoms with van der Waals surface area (Å²) in [4.78, 5) is 13.8. The summed E-state index contributed by atoms with van der Waals surface area (Å²) >= 11 is 0. The van der Waals surface area contributed by atoms with Gasteiger partial charge in [-0.05, 0) is 38.1 Å². The van der Waals surface area contributed by atoms with Crippen molar-refractivity contribution < 1.29 is 9.21 Å². The van der Waals surface area contributed by atoms with E-state index >= 15 is 0 Å². The lowest BCUT2D eigenvalue weighted by Crippen LogP contribution is -2.31. The van der Waals surface area contributed by atoms with Crippen LogP contribution in [-0.2, 0) is 6.54 Å². The third-order valence-electron chi connectivity index (χ3n) is 2.96. The van der Waals surface area contributed by atoms with Gasteiger partial charge in [-0.2, -0.15) is 0 Å². The molecule has 0 radical (unpaired) electrons. The van der Waals surface area contributed by atoms with E-state index < -0.39 is 0 Å². The summed E-state index contributed by atoms with van der Waals surface area (Å²) < 4.78 is 5.21. The molecule has 0 atom stereocenters. The Bertz CT molecular complexity index is 533. The highest BCUT2D eigenvalue weighted by Crippen LogP contribution is 2.07. The highest BCUT2D eigenvalue weighted by Gasteiger charge is 2.14. The summed E-state index contributed by atoms with van der Waals surface area (Å²) in [5, 5.41) is 11.0. The van der Waals surface area contributed by atoms with E-state index in [2.05, 4.69) is 15.5 Å². The third-order valence-corrected chi connectivity index (χ3v) is 2.96. The molecule has 6 heteroatoms. The second-order valence-corrected chi connectivity index (χ2v) is 4.21. The number of aromatic nitrogens is 2. The number of carbonyl (C=O) groups is 1. The van der Waals surface area contributed by atoms with Gasteiger partial charge in [0.25, 0.3) is 5.91 Å². The number of furan rings is 1. The van der Waals surface area contributed by atoms with Crippen LogP contribution < -0.4 is 5.32 Å². The van der Waals surface area contributed by atoms with Crippen molar-refractivity contribution in [1.29, 1.82) is 0 Å². The van der Waals surface area contributed by atoms with Crippen molar-refractivity contribution in [1.82, 2.24) is 15.1 Å². The molecule has 0 saturated carbocycles. The first-order chi connectivity index (χ1) is 9.74. The van der Waals surface area contributed by atoms with Crippen molar-refractivity contribution in [3.63, 3.8) is 0 Å². The molecular weight excluding hydrogens is 256 g/mol. The molecule has 1 N–H and O–H groups in total. The van der Waals surface area contributed by atoms with Crippen molar-refractivity contribution in [3.05, 3.63) is 42.0 Å². The van der Waals surface area contributed by atoms with Crippen LogP contribution in [0.2, 0.25) is 0 Å². The third kappa shape index (κ3) is 3.34. The summed E-state index contributed by atoms with van der Waals surface area (Å²) in [6.45, 7) is 5.73. The molecule has 2 heterocycles. The van der Waals surface area contributed by atoms with Crippen LogP contribution in [0, 0.1) is 0 Å². The van der Waals surface area contributed by atoms with Crippen LogP contribution in [0.5, 0.6) is 0 Å². The van der Waals surface area contributed by atoms with E-state index in [0.29, 0.717) is 31.1 Å². The molecule has 1 amide bonds. The highest BCUT2D eigenvalue weighted by atomic mass is 16.3. The van der Waals surface area contributed by atoms with Gasteiger partial charge in [0.1, 0.15) is 11.6 Å². The topological polar surface area (TPSA) is 71.3 Å². The zero-order valence-corrected chi connectivity index (χ0v) is 11.7. The molecule has 106 valence electrons. The summed E-state index contributed by atoms with van der Waals surface area (Å²) in [6, 6.07) is 7.12. The number of anilines is 1. The average molecular weight is 274 g/mol. The summed E-state index contributed by atoms with van der Waals surface area (Å²) in [5.74, 6) is 1.33. The Morgan fingerprint density at radius 2 is 2.05 bits per heavy atom.